The molecule has 0 aliphatic rings. The standard InChI is InChI=1S/C21H35Br2O4P/c1-3-26-28(24,27-4-2)17-13-11-9-7-5-6-8-10-12-16-25-21-18-19(22)14-15-20(21)23/h14-15,18H,3-13,16-17H2,1-2H3. The largest absolute Gasteiger partial charge is 0.492 e. The Morgan fingerprint density at radius 1 is 0.821 bits per heavy atom. The Morgan fingerprint density at radius 3 is 1.93 bits per heavy atom. The van der Waals surface area contributed by atoms with Crippen LogP contribution in [0, 0.1) is 0 Å². The Hall–Kier alpha value is 0.130. The van der Waals surface area contributed by atoms with Crippen molar-refractivity contribution in [3.8, 4) is 5.75 Å². The van der Waals surface area contributed by atoms with Crippen LogP contribution in [-0.2, 0) is 13.6 Å². The molecule has 0 bridgehead atoms. The molecule has 4 nitrogen and oxygen atoms in total. The number of benzene rings is 1. The molecule has 1 rings (SSSR count). The summed E-state index contributed by atoms with van der Waals surface area (Å²) in [5.74, 6) is 0.896. The summed E-state index contributed by atoms with van der Waals surface area (Å²) in [4.78, 5) is 0. The van der Waals surface area contributed by atoms with E-state index in [1.54, 1.807) is 0 Å². The van der Waals surface area contributed by atoms with Crippen LogP contribution in [0.3, 0.4) is 0 Å². The summed E-state index contributed by atoms with van der Waals surface area (Å²) in [7, 11) is -2.84. The summed E-state index contributed by atoms with van der Waals surface area (Å²) >= 11 is 6.98. The number of hydrogen-bond donors (Lipinski definition) is 0. The van der Waals surface area contributed by atoms with E-state index in [1.165, 1.54) is 38.5 Å². The maximum Gasteiger partial charge on any atom is 0.330 e. The van der Waals surface area contributed by atoms with Gasteiger partial charge in [-0.15, -0.1) is 0 Å². The molecule has 0 atom stereocenters. The van der Waals surface area contributed by atoms with E-state index in [9.17, 15) is 4.57 Å². The Balaban J connectivity index is 1.95. The van der Waals surface area contributed by atoms with Crippen molar-refractivity contribution < 1.29 is 18.3 Å². The van der Waals surface area contributed by atoms with E-state index in [0.717, 1.165) is 40.6 Å². The van der Waals surface area contributed by atoms with Crippen LogP contribution in [0.1, 0.15) is 71.6 Å². The van der Waals surface area contributed by atoms with Crippen molar-refractivity contribution >= 4 is 39.5 Å². The lowest BCUT2D eigenvalue weighted by molar-refractivity contribution is 0.219. The molecule has 0 saturated carbocycles. The van der Waals surface area contributed by atoms with Crippen LogP contribution in [-0.4, -0.2) is 26.0 Å². The van der Waals surface area contributed by atoms with Crippen molar-refractivity contribution in [3.05, 3.63) is 27.1 Å². The summed E-state index contributed by atoms with van der Waals surface area (Å²) in [6.45, 7) is 5.37. The van der Waals surface area contributed by atoms with Gasteiger partial charge in [-0.3, -0.25) is 4.57 Å². The van der Waals surface area contributed by atoms with Crippen LogP contribution in [0.5, 0.6) is 5.75 Å². The first-order chi connectivity index (χ1) is 13.5. The van der Waals surface area contributed by atoms with Crippen LogP contribution < -0.4 is 4.74 Å². The highest BCUT2D eigenvalue weighted by atomic mass is 79.9. The zero-order chi connectivity index (χ0) is 20.7. The van der Waals surface area contributed by atoms with Gasteiger partial charge in [-0.2, -0.15) is 0 Å². The molecule has 162 valence electrons. The molecule has 0 amide bonds. The molecule has 0 saturated heterocycles. The molecule has 0 N–H and O–H groups in total. The zero-order valence-electron chi connectivity index (χ0n) is 17.3. The van der Waals surface area contributed by atoms with Gasteiger partial charge in [0.2, 0.25) is 0 Å². The molecule has 0 spiro atoms. The van der Waals surface area contributed by atoms with Crippen molar-refractivity contribution in [2.24, 2.45) is 0 Å². The van der Waals surface area contributed by atoms with E-state index in [-0.39, 0.29) is 0 Å². The van der Waals surface area contributed by atoms with E-state index in [2.05, 4.69) is 31.9 Å². The maximum atomic E-state index is 12.3. The van der Waals surface area contributed by atoms with Crippen LogP contribution in [0.4, 0.5) is 0 Å². The van der Waals surface area contributed by atoms with Gasteiger partial charge in [0.1, 0.15) is 5.75 Å². The minimum atomic E-state index is -2.84. The molecule has 1 aromatic rings. The Kier molecular flexibility index (Phi) is 14.9. The number of ether oxygens (including phenoxy) is 1. The topological polar surface area (TPSA) is 44.8 Å². The van der Waals surface area contributed by atoms with Crippen LogP contribution in [0.25, 0.3) is 0 Å². The fraction of sp³-hybridized carbons (Fsp3) is 0.714. The van der Waals surface area contributed by atoms with Gasteiger partial charge in [-0.1, -0.05) is 60.9 Å². The Bertz CT molecular complexity index is 574. The van der Waals surface area contributed by atoms with E-state index in [0.29, 0.717) is 19.4 Å². The number of hydrogen-bond acceptors (Lipinski definition) is 4. The molecule has 0 aliphatic heterocycles. The van der Waals surface area contributed by atoms with Gasteiger partial charge in [0, 0.05) is 4.47 Å². The first-order valence-corrected chi connectivity index (χ1v) is 13.8. The predicted molar refractivity (Wildman–Crippen MR) is 125 cm³/mol. The monoisotopic (exact) mass is 540 g/mol. The van der Waals surface area contributed by atoms with Crippen LogP contribution >= 0.6 is 39.5 Å². The third kappa shape index (κ3) is 12.0. The molecule has 0 aliphatic carbocycles. The minimum absolute atomic E-state index is 0.447. The highest BCUT2D eigenvalue weighted by molar-refractivity contribution is 9.11. The van der Waals surface area contributed by atoms with Gasteiger partial charge >= 0.3 is 7.60 Å². The highest BCUT2D eigenvalue weighted by Gasteiger charge is 2.22. The fourth-order valence-electron chi connectivity index (χ4n) is 2.97. The number of halogens is 2. The Morgan fingerprint density at radius 2 is 1.36 bits per heavy atom. The molecule has 28 heavy (non-hydrogen) atoms. The van der Waals surface area contributed by atoms with Gasteiger partial charge in [0.05, 0.1) is 30.5 Å². The SMILES string of the molecule is CCOP(=O)(CCCCCCCCCCCOc1cc(Br)ccc1Br)OCC. The zero-order valence-corrected chi connectivity index (χ0v) is 21.3. The number of rotatable bonds is 17. The smallest absolute Gasteiger partial charge is 0.330 e. The van der Waals surface area contributed by atoms with Gasteiger partial charge in [0.25, 0.3) is 0 Å². The second-order valence-corrected chi connectivity index (χ2v) is 10.7. The summed E-state index contributed by atoms with van der Waals surface area (Å²) < 4.78 is 30.8. The third-order valence-corrected chi connectivity index (χ3v) is 7.69. The fourth-order valence-corrected chi connectivity index (χ4v) is 5.41. The molecule has 0 fully saturated rings. The maximum absolute atomic E-state index is 12.3. The molecule has 7 heteroatoms. The predicted octanol–water partition coefficient (Wildman–Crippen LogP) is 8.37. The van der Waals surface area contributed by atoms with Crippen LogP contribution in [0.2, 0.25) is 0 Å². The second-order valence-electron chi connectivity index (χ2n) is 6.78. The van der Waals surface area contributed by atoms with Crippen molar-refractivity contribution in [3.63, 3.8) is 0 Å². The Labute approximate surface area is 187 Å². The number of unbranched alkanes of at least 4 members (excludes halogenated alkanes) is 8. The van der Waals surface area contributed by atoms with E-state index in [4.69, 9.17) is 13.8 Å². The van der Waals surface area contributed by atoms with Gasteiger partial charge < -0.3 is 13.8 Å². The van der Waals surface area contributed by atoms with E-state index < -0.39 is 7.60 Å². The normalized spacial score (nSPS) is 11.7. The first-order valence-electron chi connectivity index (χ1n) is 10.5. The van der Waals surface area contributed by atoms with Crippen molar-refractivity contribution in [1.82, 2.24) is 0 Å². The molecule has 0 heterocycles. The van der Waals surface area contributed by atoms with E-state index in [1.807, 2.05) is 32.0 Å². The van der Waals surface area contributed by atoms with Gasteiger partial charge in [0.15, 0.2) is 0 Å². The summed E-state index contributed by atoms with van der Waals surface area (Å²) in [6, 6.07) is 5.98. The highest BCUT2D eigenvalue weighted by Crippen LogP contribution is 2.48. The quantitative estimate of drug-likeness (QED) is 0.147. The lowest BCUT2D eigenvalue weighted by Crippen LogP contribution is -2.00. The molecular formula is C21H35Br2O4P. The molecule has 0 unspecified atom stereocenters. The molecule has 1 aromatic carbocycles. The lowest BCUT2D eigenvalue weighted by atomic mass is 10.1. The molecule has 0 aromatic heterocycles. The average Bonchev–Trinajstić information content (AvgIpc) is 2.65. The molecular weight excluding hydrogens is 507 g/mol. The van der Waals surface area contributed by atoms with Gasteiger partial charge in [-0.05, 0) is 60.8 Å². The van der Waals surface area contributed by atoms with Crippen molar-refractivity contribution in [1.29, 1.82) is 0 Å². The third-order valence-electron chi connectivity index (χ3n) is 4.38. The summed E-state index contributed by atoms with van der Waals surface area (Å²) in [5, 5.41) is 0. The summed E-state index contributed by atoms with van der Waals surface area (Å²) in [6.07, 6.45) is 11.1. The van der Waals surface area contributed by atoms with E-state index >= 15 is 0 Å². The lowest BCUT2D eigenvalue weighted by Gasteiger charge is -2.16. The van der Waals surface area contributed by atoms with Crippen molar-refractivity contribution in [2.45, 2.75) is 71.6 Å². The van der Waals surface area contributed by atoms with Crippen molar-refractivity contribution in [2.75, 3.05) is 26.0 Å². The average molecular weight is 542 g/mol. The second kappa shape index (κ2) is 15.9. The molecule has 0 radical (unpaired) electrons. The first kappa shape index (κ1) is 26.2. The van der Waals surface area contributed by atoms with Crippen LogP contribution in [0.15, 0.2) is 27.1 Å². The van der Waals surface area contributed by atoms with Gasteiger partial charge in [-0.25, -0.2) is 0 Å². The minimum Gasteiger partial charge on any atom is -0.492 e. The summed E-state index contributed by atoms with van der Waals surface area (Å²) in [5.41, 5.74) is 0.